The molecule has 0 bridgehead atoms. The van der Waals surface area contributed by atoms with Crippen LogP contribution in [0.15, 0.2) is 0 Å². The molecule has 0 radical (unpaired) electrons. The maximum absolute atomic E-state index is 11.8. The number of nitrogens with zero attached hydrogens (tertiary/aromatic N) is 1. The summed E-state index contributed by atoms with van der Waals surface area (Å²) in [5, 5.41) is 12.8. The molecule has 0 aromatic heterocycles. The van der Waals surface area contributed by atoms with Gasteiger partial charge in [-0.05, 0) is 0 Å². The minimum atomic E-state index is -0.743. The summed E-state index contributed by atoms with van der Waals surface area (Å²) in [6, 6.07) is 0. The van der Waals surface area contributed by atoms with E-state index in [1.807, 2.05) is 0 Å². The van der Waals surface area contributed by atoms with Crippen LogP contribution in [0.4, 0.5) is 0 Å². The zero-order valence-electron chi connectivity index (χ0n) is 11.2. The highest BCUT2D eigenvalue weighted by Gasteiger charge is 2.42. The molecule has 1 rings (SSSR count). The minimum absolute atomic E-state index is 0.0618. The average molecular weight is 258 g/mol. The number of methoxy groups -OCH3 is 1. The van der Waals surface area contributed by atoms with Crippen molar-refractivity contribution in [2.45, 2.75) is 20.0 Å². The second kappa shape index (κ2) is 6.82. The maximum atomic E-state index is 11.8. The Morgan fingerprint density at radius 1 is 1.33 bits per heavy atom. The summed E-state index contributed by atoms with van der Waals surface area (Å²) in [6.07, 6.45) is -0.743. The van der Waals surface area contributed by atoms with E-state index in [4.69, 9.17) is 4.74 Å². The number of aliphatic hydroxyl groups excluding tert-OH is 1. The number of amides is 2. The molecule has 1 fully saturated rings. The van der Waals surface area contributed by atoms with E-state index >= 15 is 0 Å². The third-order valence-electron chi connectivity index (χ3n) is 3.32. The van der Waals surface area contributed by atoms with Crippen LogP contribution >= 0.6 is 0 Å². The van der Waals surface area contributed by atoms with Crippen LogP contribution in [0.5, 0.6) is 0 Å². The summed E-state index contributed by atoms with van der Waals surface area (Å²) in [4.78, 5) is 24.7. The number of rotatable bonds is 7. The largest absolute Gasteiger partial charge is 0.390 e. The lowest BCUT2D eigenvalue weighted by molar-refractivity contribution is -0.141. The highest BCUT2D eigenvalue weighted by atomic mass is 16.5. The standard InChI is InChI=1S/C12H22N2O4/c1-8-9(2)12(17)14(11(8)16)7-10(15)6-13-4-5-18-3/h8-10,13,15H,4-7H2,1-3H3. The monoisotopic (exact) mass is 258 g/mol. The van der Waals surface area contributed by atoms with Crippen LogP contribution in [-0.4, -0.2) is 61.3 Å². The Balaban J connectivity index is 2.37. The Morgan fingerprint density at radius 3 is 2.39 bits per heavy atom. The van der Waals surface area contributed by atoms with E-state index in [9.17, 15) is 14.7 Å². The van der Waals surface area contributed by atoms with Gasteiger partial charge in [-0.25, -0.2) is 0 Å². The van der Waals surface area contributed by atoms with Gasteiger partial charge in [-0.15, -0.1) is 0 Å². The van der Waals surface area contributed by atoms with Crippen LogP contribution in [0, 0.1) is 11.8 Å². The fraction of sp³-hybridized carbons (Fsp3) is 0.833. The lowest BCUT2D eigenvalue weighted by atomic mass is 10.00. The average Bonchev–Trinajstić information content (AvgIpc) is 2.53. The number of carbonyl (C=O) groups is 2. The number of hydrogen-bond acceptors (Lipinski definition) is 5. The highest BCUT2D eigenvalue weighted by molar-refractivity contribution is 6.04. The maximum Gasteiger partial charge on any atom is 0.232 e. The summed E-state index contributed by atoms with van der Waals surface area (Å²) < 4.78 is 4.86. The molecule has 0 saturated carbocycles. The Morgan fingerprint density at radius 2 is 1.89 bits per heavy atom. The van der Waals surface area contributed by atoms with Crippen molar-refractivity contribution in [1.29, 1.82) is 0 Å². The molecule has 6 heteroatoms. The molecule has 6 nitrogen and oxygen atoms in total. The van der Waals surface area contributed by atoms with Crippen molar-refractivity contribution in [3.8, 4) is 0 Å². The topological polar surface area (TPSA) is 78.9 Å². The lowest BCUT2D eigenvalue weighted by Gasteiger charge is -2.19. The second-order valence-corrected chi connectivity index (χ2v) is 4.72. The van der Waals surface area contributed by atoms with Crippen molar-refractivity contribution in [3.05, 3.63) is 0 Å². The van der Waals surface area contributed by atoms with Crippen molar-refractivity contribution < 1.29 is 19.4 Å². The number of β-amino-alcohol motifs (C(OH)–C–C–N with tert-alkyl or cyclic N) is 1. The van der Waals surface area contributed by atoms with Gasteiger partial charge in [0.05, 0.1) is 19.3 Å². The number of aliphatic hydroxyl groups is 1. The fourth-order valence-corrected chi connectivity index (χ4v) is 1.93. The number of nitrogens with one attached hydrogen (secondary N) is 1. The van der Waals surface area contributed by atoms with E-state index < -0.39 is 6.10 Å². The normalized spacial score (nSPS) is 25.9. The van der Waals surface area contributed by atoms with E-state index in [1.165, 1.54) is 0 Å². The molecule has 3 atom stereocenters. The van der Waals surface area contributed by atoms with Gasteiger partial charge in [0, 0.05) is 32.0 Å². The van der Waals surface area contributed by atoms with Gasteiger partial charge in [-0.1, -0.05) is 13.8 Å². The molecule has 1 saturated heterocycles. The molecule has 1 aliphatic heterocycles. The van der Waals surface area contributed by atoms with Gasteiger partial charge in [0.15, 0.2) is 0 Å². The third-order valence-corrected chi connectivity index (χ3v) is 3.32. The molecule has 2 N–H and O–H groups in total. The number of imide groups is 1. The first-order valence-electron chi connectivity index (χ1n) is 6.22. The molecular formula is C12H22N2O4. The van der Waals surface area contributed by atoms with Gasteiger partial charge in [0.2, 0.25) is 11.8 Å². The van der Waals surface area contributed by atoms with Gasteiger partial charge >= 0.3 is 0 Å². The summed E-state index contributed by atoms with van der Waals surface area (Å²) in [7, 11) is 1.60. The third kappa shape index (κ3) is 3.51. The van der Waals surface area contributed by atoms with Gasteiger partial charge in [0.1, 0.15) is 0 Å². The molecule has 0 spiro atoms. The van der Waals surface area contributed by atoms with Crippen LogP contribution in [0.1, 0.15) is 13.8 Å². The fourth-order valence-electron chi connectivity index (χ4n) is 1.93. The molecular weight excluding hydrogens is 236 g/mol. The minimum Gasteiger partial charge on any atom is -0.390 e. The van der Waals surface area contributed by atoms with Gasteiger partial charge in [0.25, 0.3) is 0 Å². The lowest BCUT2D eigenvalue weighted by Crippen LogP contribution is -2.42. The zero-order valence-corrected chi connectivity index (χ0v) is 11.2. The quantitative estimate of drug-likeness (QED) is 0.463. The predicted octanol–water partition coefficient (Wildman–Crippen LogP) is -0.776. The van der Waals surface area contributed by atoms with Gasteiger partial charge in [-0.3, -0.25) is 14.5 Å². The second-order valence-electron chi connectivity index (χ2n) is 4.72. The molecule has 104 valence electrons. The molecule has 0 aromatic rings. The Hall–Kier alpha value is -0.980. The van der Waals surface area contributed by atoms with Crippen molar-refractivity contribution in [2.75, 3.05) is 33.4 Å². The van der Waals surface area contributed by atoms with Crippen LogP contribution in [0.2, 0.25) is 0 Å². The summed E-state index contributed by atoms with van der Waals surface area (Å²) in [5.74, 6) is -0.954. The Bertz CT molecular complexity index is 288. The smallest absolute Gasteiger partial charge is 0.232 e. The number of carbonyl (C=O) groups excluding carboxylic acids is 2. The van der Waals surface area contributed by atoms with Crippen LogP contribution < -0.4 is 5.32 Å². The van der Waals surface area contributed by atoms with Gasteiger partial charge < -0.3 is 15.2 Å². The molecule has 1 aliphatic rings. The zero-order chi connectivity index (χ0) is 13.7. The van der Waals surface area contributed by atoms with Crippen molar-refractivity contribution in [3.63, 3.8) is 0 Å². The first kappa shape index (κ1) is 15.1. The first-order valence-corrected chi connectivity index (χ1v) is 6.22. The van der Waals surface area contributed by atoms with E-state index in [1.54, 1.807) is 21.0 Å². The van der Waals surface area contributed by atoms with Crippen molar-refractivity contribution in [2.24, 2.45) is 11.8 Å². The molecule has 0 aromatic carbocycles. The summed E-state index contributed by atoms with van der Waals surface area (Å²) in [5.41, 5.74) is 0. The van der Waals surface area contributed by atoms with Crippen LogP contribution in [0.25, 0.3) is 0 Å². The number of likely N-dealkylation sites (tertiary alicyclic amines) is 1. The van der Waals surface area contributed by atoms with Gasteiger partial charge in [-0.2, -0.15) is 0 Å². The summed E-state index contributed by atoms with van der Waals surface area (Å²) in [6.45, 7) is 5.07. The number of hydrogen-bond donors (Lipinski definition) is 2. The molecule has 0 aliphatic carbocycles. The van der Waals surface area contributed by atoms with Crippen LogP contribution in [0.3, 0.4) is 0 Å². The van der Waals surface area contributed by atoms with Crippen molar-refractivity contribution >= 4 is 11.8 Å². The molecule has 18 heavy (non-hydrogen) atoms. The Labute approximate surface area is 107 Å². The van der Waals surface area contributed by atoms with Crippen LogP contribution in [-0.2, 0) is 14.3 Å². The summed E-state index contributed by atoms with van der Waals surface area (Å²) >= 11 is 0. The van der Waals surface area contributed by atoms with E-state index in [-0.39, 0.29) is 30.2 Å². The Kier molecular flexibility index (Phi) is 5.71. The number of ether oxygens (including phenoxy) is 1. The molecule has 3 unspecified atom stereocenters. The first-order chi connectivity index (χ1) is 8.49. The van der Waals surface area contributed by atoms with E-state index in [0.717, 1.165) is 4.90 Å². The van der Waals surface area contributed by atoms with Crippen molar-refractivity contribution in [1.82, 2.24) is 10.2 Å². The molecule has 1 heterocycles. The molecule has 2 amide bonds. The van der Waals surface area contributed by atoms with E-state index in [2.05, 4.69) is 5.32 Å². The predicted molar refractivity (Wildman–Crippen MR) is 65.8 cm³/mol. The van der Waals surface area contributed by atoms with E-state index in [0.29, 0.717) is 19.7 Å². The highest BCUT2D eigenvalue weighted by Crippen LogP contribution is 2.25. The SMILES string of the molecule is COCCNCC(O)CN1C(=O)C(C)C(C)C1=O.